The third kappa shape index (κ3) is 1.55. The van der Waals surface area contributed by atoms with Crippen LogP contribution in [0.3, 0.4) is 0 Å². The van der Waals surface area contributed by atoms with E-state index in [0.29, 0.717) is 0 Å². The molecule has 4 heteroatoms. The van der Waals surface area contributed by atoms with E-state index in [1.54, 1.807) is 19.1 Å². The molecular formula is C10H9FO3. The molecule has 1 aliphatic heterocycles. The van der Waals surface area contributed by atoms with Gasteiger partial charge in [0, 0.05) is 0 Å². The SMILES string of the molecule is CC1OC(=O)OC1c1ccc(F)cc1. The Bertz CT molecular complexity index is 347. The highest BCUT2D eigenvalue weighted by molar-refractivity contribution is 5.63. The average Bonchev–Trinajstić information content (AvgIpc) is 2.47. The summed E-state index contributed by atoms with van der Waals surface area (Å²) in [6.07, 6.45) is -1.43. The normalized spacial score (nSPS) is 25.7. The van der Waals surface area contributed by atoms with Crippen LogP contribution in [0, 0.1) is 5.82 Å². The fourth-order valence-corrected chi connectivity index (χ4v) is 1.43. The Hall–Kier alpha value is -1.58. The lowest BCUT2D eigenvalue weighted by atomic mass is 10.1. The molecule has 0 saturated carbocycles. The molecule has 74 valence electrons. The molecule has 0 spiro atoms. The Morgan fingerprint density at radius 3 is 2.36 bits per heavy atom. The molecule has 0 N–H and O–H groups in total. The van der Waals surface area contributed by atoms with E-state index in [4.69, 9.17) is 9.47 Å². The van der Waals surface area contributed by atoms with Gasteiger partial charge in [-0.3, -0.25) is 0 Å². The number of benzene rings is 1. The van der Waals surface area contributed by atoms with Crippen molar-refractivity contribution in [2.75, 3.05) is 0 Å². The third-order valence-electron chi connectivity index (χ3n) is 2.13. The molecule has 2 unspecified atom stereocenters. The van der Waals surface area contributed by atoms with Crippen molar-refractivity contribution in [3.05, 3.63) is 35.6 Å². The van der Waals surface area contributed by atoms with Crippen molar-refractivity contribution in [3.63, 3.8) is 0 Å². The van der Waals surface area contributed by atoms with Crippen LogP contribution in [0.5, 0.6) is 0 Å². The summed E-state index contributed by atoms with van der Waals surface area (Å²) in [5, 5.41) is 0. The summed E-state index contributed by atoms with van der Waals surface area (Å²) >= 11 is 0. The van der Waals surface area contributed by atoms with Gasteiger partial charge < -0.3 is 9.47 Å². The average molecular weight is 196 g/mol. The zero-order chi connectivity index (χ0) is 10.1. The number of rotatable bonds is 1. The molecule has 0 aliphatic carbocycles. The van der Waals surface area contributed by atoms with E-state index in [1.165, 1.54) is 12.1 Å². The number of carbonyl (C=O) groups excluding carboxylic acids is 1. The zero-order valence-corrected chi connectivity index (χ0v) is 7.57. The molecule has 1 aliphatic rings. The van der Waals surface area contributed by atoms with Crippen LogP contribution in [0.25, 0.3) is 0 Å². The first-order valence-corrected chi connectivity index (χ1v) is 4.29. The van der Waals surface area contributed by atoms with Crippen molar-refractivity contribution in [1.29, 1.82) is 0 Å². The first kappa shape index (κ1) is 8.99. The molecule has 1 aromatic carbocycles. The second-order valence-electron chi connectivity index (χ2n) is 3.16. The minimum atomic E-state index is -0.674. The third-order valence-corrected chi connectivity index (χ3v) is 2.13. The minimum absolute atomic E-state index is 0.313. The van der Waals surface area contributed by atoms with Gasteiger partial charge in [0.05, 0.1) is 0 Å². The zero-order valence-electron chi connectivity index (χ0n) is 7.57. The molecule has 0 bridgehead atoms. The predicted molar refractivity (Wildman–Crippen MR) is 46.2 cm³/mol. The molecule has 1 heterocycles. The van der Waals surface area contributed by atoms with Gasteiger partial charge in [0.25, 0.3) is 0 Å². The smallest absolute Gasteiger partial charge is 0.427 e. The summed E-state index contributed by atoms with van der Waals surface area (Å²) < 4.78 is 22.3. The topological polar surface area (TPSA) is 35.5 Å². The summed E-state index contributed by atoms with van der Waals surface area (Å²) in [5.74, 6) is -0.313. The number of halogens is 1. The van der Waals surface area contributed by atoms with Crippen LogP contribution >= 0.6 is 0 Å². The van der Waals surface area contributed by atoms with E-state index in [2.05, 4.69) is 0 Å². The van der Waals surface area contributed by atoms with Gasteiger partial charge in [0.2, 0.25) is 0 Å². The molecular weight excluding hydrogens is 187 g/mol. The van der Waals surface area contributed by atoms with E-state index >= 15 is 0 Å². The van der Waals surface area contributed by atoms with Crippen molar-refractivity contribution < 1.29 is 18.7 Å². The molecule has 3 nitrogen and oxygen atoms in total. The van der Waals surface area contributed by atoms with E-state index in [-0.39, 0.29) is 11.9 Å². The van der Waals surface area contributed by atoms with E-state index in [0.717, 1.165) is 5.56 Å². The fraction of sp³-hybridized carbons (Fsp3) is 0.300. The molecule has 1 aromatic rings. The molecule has 0 aromatic heterocycles. The van der Waals surface area contributed by atoms with Gasteiger partial charge in [-0.05, 0) is 24.6 Å². The Balaban J connectivity index is 2.23. The molecule has 2 rings (SSSR count). The van der Waals surface area contributed by atoms with E-state index < -0.39 is 12.3 Å². The van der Waals surface area contributed by atoms with Gasteiger partial charge in [-0.15, -0.1) is 0 Å². The molecule has 1 fully saturated rings. The van der Waals surface area contributed by atoms with Gasteiger partial charge in [-0.2, -0.15) is 0 Å². The second-order valence-corrected chi connectivity index (χ2v) is 3.16. The summed E-state index contributed by atoms with van der Waals surface area (Å²) in [5.41, 5.74) is 0.741. The molecule has 0 amide bonds. The predicted octanol–water partition coefficient (Wildman–Crippen LogP) is 2.42. The van der Waals surface area contributed by atoms with Gasteiger partial charge in [-0.1, -0.05) is 12.1 Å². The Morgan fingerprint density at radius 2 is 1.86 bits per heavy atom. The maximum atomic E-state index is 12.6. The Kier molecular flexibility index (Phi) is 2.11. The van der Waals surface area contributed by atoms with Crippen molar-refractivity contribution in [2.45, 2.75) is 19.1 Å². The molecule has 2 atom stereocenters. The Morgan fingerprint density at radius 1 is 1.21 bits per heavy atom. The highest BCUT2D eigenvalue weighted by Crippen LogP contribution is 2.29. The number of cyclic esters (lactones) is 2. The minimum Gasteiger partial charge on any atom is -0.427 e. The van der Waals surface area contributed by atoms with E-state index in [9.17, 15) is 9.18 Å². The van der Waals surface area contributed by atoms with Crippen LogP contribution in [0.15, 0.2) is 24.3 Å². The number of ether oxygens (including phenoxy) is 2. The van der Waals surface area contributed by atoms with Crippen LogP contribution in [0.2, 0.25) is 0 Å². The van der Waals surface area contributed by atoms with Crippen LogP contribution in [-0.4, -0.2) is 12.3 Å². The van der Waals surface area contributed by atoms with Crippen molar-refractivity contribution >= 4 is 6.16 Å². The lowest BCUT2D eigenvalue weighted by molar-refractivity contribution is 0.117. The maximum Gasteiger partial charge on any atom is 0.509 e. The lowest BCUT2D eigenvalue weighted by Crippen LogP contribution is -2.10. The van der Waals surface area contributed by atoms with Gasteiger partial charge in [0.15, 0.2) is 6.10 Å². The molecule has 1 saturated heterocycles. The molecule has 0 radical (unpaired) electrons. The van der Waals surface area contributed by atoms with Crippen molar-refractivity contribution in [3.8, 4) is 0 Å². The number of carbonyl (C=O) groups is 1. The van der Waals surface area contributed by atoms with Crippen LogP contribution < -0.4 is 0 Å². The molecule has 14 heavy (non-hydrogen) atoms. The summed E-state index contributed by atoms with van der Waals surface area (Å²) in [4.78, 5) is 10.8. The van der Waals surface area contributed by atoms with Crippen LogP contribution in [0.1, 0.15) is 18.6 Å². The summed E-state index contributed by atoms with van der Waals surface area (Å²) in [6.45, 7) is 1.74. The van der Waals surface area contributed by atoms with Gasteiger partial charge in [0.1, 0.15) is 11.9 Å². The van der Waals surface area contributed by atoms with Crippen molar-refractivity contribution in [1.82, 2.24) is 0 Å². The highest BCUT2D eigenvalue weighted by atomic mass is 19.1. The first-order valence-electron chi connectivity index (χ1n) is 4.29. The van der Waals surface area contributed by atoms with Gasteiger partial charge in [-0.25, -0.2) is 9.18 Å². The van der Waals surface area contributed by atoms with Crippen LogP contribution in [-0.2, 0) is 9.47 Å². The van der Waals surface area contributed by atoms with Crippen LogP contribution in [0.4, 0.5) is 9.18 Å². The standard InChI is InChI=1S/C10H9FO3/c1-6-9(14-10(12)13-6)7-2-4-8(11)5-3-7/h2-6,9H,1H3. The first-order chi connectivity index (χ1) is 6.66. The number of hydrogen-bond acceptors (Lipinski definition) is 3. The van der Waals surface area contributed by atoms with E-state index in [1.807, 2.05) is 0 Å². The highest BCUT2D eigenvalue weighted by Gasteiger charge is 2.34. The fourth-order valence-electron chi connectivity index (χ4n) is 1.43. The largest absolute Gasteiger partial charge is 0.509 e. The number of hydrogen-bond donors (Lipinski definition) is 0. The summed E-state index contributed by atoms with van der Waals surface area (Å²) in [6, 6.07) is 5.82. The van der Waals surface area contributed by atoms with Gasteiger partial charge >= 0.3 is 6.16 Å². The Labute approximate surface area is 80.4 Å². The lowest BCUT2D eigenvalue weighted by Gasteiger charge is -2.10. The maximum absolute atomic E-state index is 12.6. The monoisotopic (exact) mass is 196 g/mol. The van der Waals surface area contributed by atoms with Crippen molar-refractivity contribution in [2.24, 2.45) is 0 Å². The quantitative estimate of drug-likeness (QED) is 0.647. The summed E-state index contributed by atoms with van der Waals surface area (Å²) in [7, 11) is 0. The second kappa shape index (κ2) is 3.29.